The predicted molar refractivity (Wildman–Crippen MR) is 131 cm³/mol. The first-order valence-corrected chi connectivity index (χ1v) is 11.4. The number of amides is 1. The second kappa shape index (κ2) is 7.85. The fourth-order valence-electron chi connectivity index (χ4n) is 5.09. The molecule has 1 aliphatic rings. The van der Waals surface area contributed by atoms with Crippen molar-refractivity contribution >= 4 is 27.7 Å². The van der Waals surface area contributed by atoms with E-state index in [1.54, 1.807) is 0 Å². The summed E-state index contributed by atoms with van der Waals surface area (Å²) in [5.74, 6) is 0.818. The number of benzene rings is 3. The van der Waals surface area contributed by atoms with Crippen molar-refractivity contribution in [3.8, 4) is 5.75 Å². The van der Waals surface area contributed by atoms with E-state index in [0.717, 1.165) is 39.8 Å². The van der Waals surface area contributed by atoms with Crippen molar-refractivity contribution < 1.29 is 9.53 Å². The van der Waals surface area contributed by atoms with Crippen LogP contribution in [0.4, 0.5) is 0 Å². The van der Waals surface area contributed by atoms with Gasteiger partial charge in [0.2, 0.25) is 0 Å². The van der Waals surface area contributed by atoms with Crippen molar-refractivity contribution in [2.24, 2.45) is 0 Å². The molecule has 6 rings (SSSR count). The van der Waals surface area contributed by atoms with E-state index in [1.165, 1.54) is 10.9 Å². The highest BCUT2D eigenvalue weighted by Crippen LogP contribution is 2.40. The highest BCUT2D eigenvalue weighted by atomic mass is 16.5. The fourth-order valence-corrected chi connectivity index (χ4v) is 5.09. The van der Waals surface area contributed by atoms with Gasteiger partial charge in [-0.25, -0.2) is 0 Å². The summed E-state index contributed by atoms with van der Waals surface area (Å²) in [5.41, 5.74) is 6.10. The number of H-pyrrole nitrogens is 2. The number of nitrogens with zero attached hydrogens (tertiary/aromatic N) is 1. The van der Waals surface area contributed by atoms with Crippen LogP contribution in [0, 0.1) is 0 Å². The van der Waals surface area contributed by atoms with E-state index in [0.29, 0.717) is 18.8 Å². The normalized spacial score (nSPS) is 15.7. The maximum Gasteiger partial charge on any atom is 0.271 e. The molecule has 33 heavy (non-hydrogen) atoms. The largest absolute Gasteiger partial charge is 0.494 e. The first kappa shape index (κ1) is 19.7. The Balaban J connectivity index is 1.49. The van der Waals surface area contributed by atoms with Gasteiger partial charge in [0.15, 0.2) is 0 Å². The predicted octanol–water partition coefficient (Wildman–Crippen LogP) is 5.84. The standard InChI is InChI=1S/C28H25N3O2/c1-2-33-20-10-7-9-19(16-20)27-26-22(21-11-4-6-13-24(21)30-26)14-15-31(27)28(32)25-17-18-8-3-5-12-23(18)29-25/h3-13,16-17,27,29-30H,2,14-15H2,1H3/t27-/m1/s1. The average molecular weight is 436 g/mol. The smallest absolute Gasteiger partial charge is 0.271 e. The Morgan fingerprint density at radius 1 is 0.970 bits per heavy atom. The van der Waals surface area contributed by atoms with E-state index >= 15 is 0 Å². The molecule has 1 atom stereocenters. The molecule has 5 aromatic rings. The summed E-state index contributed by atoms with van der Waals surface area (Å²) in [6.07, 6.45) is 0.812. The number of ether oxygens (including phenoxy) is 1. The van der Waals surface area contributed by atoms with Gasteiger partial charge in [0.25, 0.3) is 5.91 Å². The van der Waals surface area contributed by atoms with Crippen molar-refractivity contribution in [1.29, 1.82) is 0 Å². The van der Waals surface area contributed by atoms with Gasteiger partial charge in [0.1, 0.15) is 11.4 Å². The van der Waals surface area contributed by atoms with Crippen molar-refractivity contribution in [3.63, 3.8) is 0 Å². The van der Waals surface area contributed by atoms with Crippen LogP contribution in [0.25, 0.3) is 21.8 Å². The molecule has 0 bridgehead atoms. The zero-order chi connectivity index (χ0) is 22.4. The lowest BCUT2D eigenvalue weighted by molar-refractivity contribution is 0.0686. The second-order valence-electron chi connectivity index (χ2n) is 8.49. The Bertz CT molecular complexity index is 1450. The Hall–Kier alpha value is -3.99. The lowest BCUT2D eigenvalue weighted by Gasteiger charge is -2.36. The number of aromatic nitrogens is 2. The topological polar surface area (TPSA) is 61.1 Å². The van der Waals surface area contributed by atoms with Crippen LogP contribution in [0.2, 0.25) is 0 Å². The second-order valence-corrected chi connectivity index (χ2v) is 8.49. The molecular formula is C28H25N3O2. The first-order chi connectivity index (χ1) is 16.2. The molecule has 0 saturated heterocycles. The highest BCUT2D eigenvalue weighted by Gasteiger charge is 2.35. The summed E-state index contributed by atoms with van der Waals surface area (Å²) < 4.78 is 5.78. The van der Waals surface area contributed by atoms with Gasteiger partial charge >= 0.3 is 0 Å². The van der Waals surface area contributed by atoms with Crippen molar-refractivity contribution in [1.82, 2.24) is 14.9 Å². The zero-order valence-electron chi connectivity index (χ0n) is 18.5. The molecule has 0 spiro atoms. The van der Waals surface area contributed by atoms with Gasteiger partial charge in [-0.15, -0.1) is 0 Å². The Kier molecular flexibility index (Phi) is 4.68. The van der Waals surface area contributed by atoms with Crippen LogP contribution in [0.3, 0.4) is 0 Å². The van der Waals surface area contributed by atoms with E-state index < -0.39 is 0 Å². The van der Waals surface area contributed by atoms with Gasteiger partial charge in [-0.2, -0.15) is 0 Å². The van der Waals surface area contributed by atoms with Gasteiger partial charge in [-0.3, -0.25) is 4.79 Å². The van der Waals surface area contributed by atoms with Crippen LogP contribution in [0.5, 0.6) is 5.75 Å². The van der Waals surface area contributed by atoms with Gasteiger partial charge in [0, 0.05) is 34.0 Å². The quantitative estimate of drug-likeness (QED) is 0.373. The number of nitrogens with one attached hydrogen (secondary N) is 2. The third-order valence-corrected chi connectivity index (χ3v) is 6.54. The van der Waals surface area contributed by atoms with E-state index in [1.807, 2.05) is 60.4 Å². The van der Waals surface area contributed by atoms with Crippen LogP contribution in [0.15, 0.2) is 78.9 Å². The van der Waals surface area contributed by atoms with E-state index in [2.05, 4.69) is 40.3 Å². The Labute approximate surface area is 192 Å². The number of carbonyl (C=O) groups is 1. The van der Waals surface area contributed by atoms with Crippen LogP contribution >= 0.6 is 0 Å². The van der Waals surface area contributed by atoms with Crippen LogP contribution in [0.1, 0.15) is 40.3 Å². The van der Waals surface area contributed by atoms with Gasteiger partial charge in [-0.05, 0) is 54.8 Å². The number of fused-ring (bicyclic) bond motifs is 4. The molecule has 2 aromatic heterocycles. The molecule has 5 heteroatoms. The minimum absolute atomic E-state index is 0.00215. The van der Waals surface area contributed by atoms with Crippen LogP contribution in [-0.2, 0) is 6.42 Å². The molecule has 0 radical (unpaired) electrons. The molecule has 0 saturated carbocycles. The van der Waals surface area contributed by atoms with E-state index in [-0.39, 0.29) is 11.9 Å². The Morgan fingerprint density at radius 3 is 2.64 bits per heavy atom. The monoisotopic (exact) mass is 435 g/mol. The average Bonchev–Trinajstić information content (AvgIpc) is 3.45. The Morgan fingerprint density at radius 2 is 1.79 bits per heavy atom. The minimum atomic E-state index is -0.222. The highest BCUT2D eigenvalue weighted by molar-refractivity contribution is 5.99. The zero-order valence-corrected chi connectivity index (χ0v) is 18.5. The third-order valence-electron chi connectivity index (χ3n) is 6.54. The summed E-state index contributed by atoms with van der Waals surface area (Å²) in [7, 11) is 0. The molecule has 5 nitrogen and oxygen atoms in total. The summed E-state index contributed by atoms with van der Waals surface area (Å²) >= 11 is 0. The fraction of sp³-hybridized carbons (Fsp3) is 0.179. The minimum Gasteiger partial charge on any atom is -0.494 e. The van der Waals surface area contributed by atoms with Gasteiger partial charge in [-0.1, -0.05) is 48.5 Å². The number of rotatable bonds is 4. The lowest BCUT2D eigenvalue weighted by atomic mass is 9.92. The van der Waals surface area contributed by atoms with Crippen molar-refractivity contribution in [2.75, 3.05) is 13.2 Å². The summed E-state index contributed by atoms with van der Waals surface area (Å²) in [5, 5.41) is 2.27. The first-order valence-electron chi connectivity index (χ1n) is 11.4. The molecule has 164 valence electrons. The maximum absolute atomic E-state index is 13.8. The molecule has 2 N–H and O–H groups in total. The molecule has 0 fully saturated rings. The number of carbonyl (C=O) groups excluding carboxylic acids is 1. The van der Waals surface area contributed by atoms with Crippen LogP contribution in [-0.4, -0.2) is 33.9 Å². The lowest BCUT2D eigenvalue weighted by Crippen LogP contribution is -2.40. The summed E-state index contributed by atoms with van der Waals surface area (Å²) in [4.78, 5) is 22.8. The number of hydrogen-bond acceptors (Lipinski definition) is 2. The SMILES string of the molecule is CCOc1cccc([C@@H]2c3[nH]c4ccccc4c3CCN2C(=O)c2cc3ccccc3[nH]2)c1. The van der Waals surface area contributed by atoms with E-state index in [9.17, 15) is 4.79 Å². The van der Waals surface area contributed by atoms with Crippen LogP contribution < -0.4 is 4.74 Å². The third kappa shape index (κ3) is 3.28. The summed E-state index contributed by atoms with van der Waals surface area (Å²) in [6, 6.07) is 26.2. The molecule has 1 amide bonds. The number of hydrogen-bond donors (Lipinski definition) is 2. The molecule has 0 unspecified atom stereocenters. The molecule has 0 aliphatic carbocycles. The summed E-state index contributed by atoms with van der Waals surface area (Å²) in [6.45, 7) is 3.23. The van der Waals surface area contributed by atoms with Gasteiger partial charge in [0.05, 0.1) is 12.6 Å². The van der Waals surface area contributed by atoms with E-state index in [4.69, 9.17) is 4.74 Å². The maximum atomic E-state index is 13.8. The van der Waals surface area contributed by atoms with Crippen molar-refractivity contribution in [3.05, 3.63) is 101 Å². The molecular weight excluding hydrogens is 410 g/mol. The van der Waals surface area contributed by atoms with Gasteiger partial charge < -0.3 is 19.6 Å². The number of aromatic amines is 2. The van der Waals surface area contributed by atoms with Crippen molar-refractivity contribution in [2.45, 2.75) is 19.4 Å². The molecule has 1 aliphatic heterocycles. The molecule has 3 aromatic carbocycles. The number of para-hydroxylation sites is 2. The molecule has 3 heterocycles.